The molecule has 0 fully saturated rings. The second-order valence-corrected chi connectivity index (χ2v) is 17.6. The summed E-state index contributed by atoms with van der Waals surface area (Å²) >= 11 is 0. The zero-order valence-corrected chi connectivity index (χ0v) is 36.7. The Labute approximate surface area is 390 Å². The molecule has 13 rings (SSSR count). The van der Waals surface area contributed by atoms with Crippen molar-refractivity contribution >= 4 is 49.8 Å². The molecule has 0 saturated heterocycles. The van der Waals surface area contributed by atoms with Crippen molar-refractivity contribution in [2.45, 2.75) is 5.41 Å². The number of rotatable bonds is 8. The number of anilines is 3. The summed E-state index contributed by atoms with van der Waals surface area (Å²) in [7, 11) is 0. The molecule has 2 nitrogen and oxygen atoms in total. The first-order valence-electron chi connectivity index (χ1n) is 23.1. The van der Waals surface area contributed by atoms with Crippen LogP contribution >= 0.6 is 0 Å². The Morgan fingerprint density at radius 2 is 0.851 bits per heavy atom. The molecule has 0 aliphatic heterocycles. The lowest BCUT2D eigenvalue weighted by molar-refractivity contribution is 0.669. The van der Waals surface area contributed by atoms with Crippen LogP contribution in [0.2, 0.25) is 0 Å². The fourth-order valence-corrected chi connectivity index (χ4v) is 10.9. The van der Waals surface area contributed by atoms with E-state index in [0.29, 0.717) is 0 Å². The molecule has 1 aromatic heterocycles. The van der Waals surface area contributed by atoms with E-state index in [1.54, 1.807) is 0 Å². The van der Waals surface area contributed by atoms with Gasteiger partial charge in [-0.25, -0.2) is 0 Å². The van der Waals surface area contributed by atoms with Gasteiger partial charge in [-0.2, -0.15) is 0 Å². The fourth-order valence-electron chi connectivity index (χ4n) is 10.9. The molecule has 0 bridgehead atoms. The topological polar surface area (TPSA) is 16.4 Å². The molecular formula is C65H43NO. The number of hydrogen-bond acceptors (Lipinski definition) is 2. The summed E-state index contributed by atoms with van der Waals surface area (Å²) < 4.78 is 6.55. The quantitative estimate of drug-likeness (QED) is 0.151. The number of hydrogen-bond donors (Lipinski definition) is 0. The van der Waals surface area contributed by atoms with Crippen LogP contribution in [-0.4, -0.2) is 0 Å². The van der Waals surface area contributed by atoms with Crippen LogP contribution in [0, 0.1) is 0 Å². The van der Waals surface area contributed by atoms with Crippen LogP contribution in [0.5, 0.6) is 0 Å². The van der Waals surface area contributed by atoms with Crippen LogP contribution in [0.25, 0.3) is 77.2 Å². The van der Waals surface area contributed by atoms with Gasteiger partial charge in [-0.3, -0.25) is 0 Å². The fraction of sp³-hybridized carbons (Fsp3) is 0.0154. The SMILES string of the molecule is c1ccc(C2(c3ccccc3)c3ccccc3-c3c(N(c4ccc(-c5ccc(-c6cccc(-c7ccc8ccccc8c7)c6)cc5)cc4)c4cccc5oc6ccccc6c45)cccc32)cc1. The van der Waals surface area contributed by atoms with Crippen molar-refractivity contribution in [3.8, 4) is 44.5 Å². The predicted molar refractivity (Wildman–Crippen MR) is 280 cm³/mol. The zero-order valence-electron chi connectivity index (χ0n) is 36.7. The highest BCUT2D eigenvalue weighted by Gasteiger charge is 2.47. The van der Waals surface area contributed by atoms with Crippen LogP contribution in [0.15, 0.2) is 265 Å². The minimum absolute atomic E-state index is 0.530. The molecule has 0 amide bonds. The Bertz CT molecular complexity index is 3750. The second-order valence-electron chi connectivity index (χ2n) is 17.6. The molecule has 1 heterocycles. The van der Waals surface area contributed by atoms with Gasteiger partial charge in [0.2, 0.25) is 0 Å². The Kier molecular flexibility index (Phi) is 9.11. The summed E-state index contributed by atoms with van der Waals surface area (Å²) in [6.45, 7) is 0. The molecule has 0 unspecified atom stereocenters. The van der Waals surface area contributed by atoms with E-state index in [1.165, 1.54) is 72.0 Å². The molecule has 2 heteroatoms. The highest BCUT2D eigenvalue weighted by Crippen LogP contribution is 2.60. The highest BCUT2D eigenvalue weighted by atomic mass is 16.3. The molecule has 1 aliphatic carbocycles. The molecule has 0 spiro atoms. The third kappa shape index (κ3) is 6.26. The van der Waals surface area contributed by atoms with E-state index < -0.39 is 5.41 Å². The van der Waals surface area contributed by atoms with Crippen molar-refractivity contribution in [1.29, 1.82) is 0 Å². The van der Waals surface area contributed by atoms with E-state index in [4.69, 9.17) is 4.42 Å². The van der Waals surface area contributed by atoms with Gasteiger partial charge in [0.15, 0.2) is 0 Å². The number of furan rings is 1. The van der Waals surface area contributed by atoms with Crippen LogP contribution in [0.3, 0.4) is 0 Å². The lowest BCUT2D eigenvalue weighted by Crippen LogP contribution is -2.28. The van der Waals surface area contributed by atoms with Gasteiger partial charge in [0.1, 0.15) is 11.2 Å². The van der Waals surface area contributed by atoms with Gasteiger partial charge in [0.05, 0.1) is 22.2 Å². The summed E-state index contributed by atoms with van der Waals surface area (Å²) in [6.07, 6.45) is 0. The third-order valence-corrected chi connectivity index (χ3v) is 13.9. The number of nitrogens with zero attached hydrogens (tertiary/aromatic N) is 1. The summed E-state index contributed by atoms with van der Waals surface area (Å²) in [5.74, 6) is 0. The molecule has 314 valence electrons. The smallest absolute Gasteiger partial charge is 0.137 e. The first-order valence-corrected chi connectivity index (χ1v) is 23.1. The van der Waals surface area contributed by atoms with Crippen molar-refractivity contribution in [3.05, 3.63) is 283 Å². The first-order chi connectivity index (χ1) is 33.2. The van der Waals surface area contributed by atoms with Gasteiger partial charge in [-0.05, 0) is 121 Å². The molecule has 11 aromatic carbocycles. The summed E-state index contributed by atoms with van der Waals surface area (Å²) in [5, 5.41) is 4.69. The maximum absolute atomic E-state index is 6.55. The van der Waals surface area contributed by atoms with Crippen molar-refractivity contribution in [2.24, 2.45) is 0 Å². The Hall–Kier alpha value is -8.72. The molecule has 0 N–H and O–H groups in total. The second kappa shape index (κ2) is 15.8. The van der Waals surface area contributed by atoms with Gasteiger partial charge in [0, 0.05) is 16.6 Å². The Morgan fingerprint density at radius 3 is 1.61 bits per heavy atom. The van der Waals surface area contributed by atoms with Crippen molar-refractivity contribution in [1.82, 2.24) is 0 Å². The molecule has 1 aliphatic rings. The first kappa shape index (κ1) is 38.7. The van der Waals surface area contributed by atoms with Gasteiger partial charge in [0.25, 0.3) is 0 Å². The molecule has 0 atom stereocenters. The lowest BCUT2D eigenvalue weighted by atomic mass is 9.68. The normalized spacial score (nSPS) is 12.6. The maximum atomic E-state index is 6.55. The van der Waals surface area contributed by atoms with Gasteiger partial charge < -0.3 is 9.32 Å². The monoisotopic (exact) mass is 853 g/mol. The molecule has 12 aromatic rings. The Morgan fingerprint density at radius 1 is 0.328 bits per heavy atom. The Balaban J connectivity index is 0.945. The van der Waals surface area contributed by atoms with Crippen LogP contribution in [0.1, 0.15) is 22.3 Å². The van der Waals surface area contributed by atoms with Crippen molar-refractivity contribution in [3.63, 3.8) is 0 Å². The number of fused-ring (bicyclic) bond motifs is 7. The molecule has 0 saturated carbocycles. The van der Waals surface area contributed by atoms with Gasteiger partial charge >= 0.3 is 0 Å². The minimum Gasteiger partial charge on any atom is -0.456 e. The summed E-state index contributed by atoms with van der Waals surface area (Å²) in [5.41, 5.74) is 19.1. The lowest BCUT2D eigenvalue weighted by Gasteiger charge is -2.34. The van der Waals surface area contributed by atoms with E-state index in [-0.39, 0.29) is 0 Å². The molecule has 67 heavy (non-hydrogen) atoms. The average Bonchev–Trinajstić information content (AvgIpc) is 3.94. The molecule has 0 radical (unpaired) electrons. The zero-order chi connectivity index (χ0) is 44.3. The van der Waals surface area contributed by atoms with E-state index in [9.17, 15) is 0 Å². The average molecular weight is 854 g/mol. The predicted octanol–water partition coefficient (Wildman–Crippen LogP) is 17.6. The number of benzene rings is 11. The van der Waals surface area contributed by atoms with E-state index >= 15 is 0 Å². The van der Waals surface area contributed by atoms with E-state index in [0.717, 1.165) is 44.6 Å². The van der Waals surface area contributed by atoms with Crippen molar-refractivity contribution in [2.75, 3.05) is 4.90 Å². The van der Waals surface area contributed by atoms with E-state index in [2.05, 4.69) is 260 Å². The van der Waals surface area contributed by atoms with Gasteiger partial charge in [-0.1, -0.05) is 212 Å². The van der Waals surface area contributed by atoms with Crippen LogP contribution in [-0.2, 0) is 5.41 Å². The third-order valence-electron chi connectivity index (χ3n) is 13.9. The maximum Gasteiger partial charge on any atom is 0.137 e. The van der Waals surface area contributed by atoms with Crippen LogP contribution in [0.4, 0.5) is 17.1 Å². The minimum atomic E-state index is -0.530. The van der Waals surface area contributed by atoms with E-state index in [1.807, 2.05) is 6.07 Å². The molecular weight excluding hydrogens is 811 g/mol. The summed E-state index contributed by atoms with van der Waals surface area (Å²) in [4.78, 5) is 2.46. The number of para-hydroxylation sites is 1. The largest absolute Gasteiger partial charge is 0.456 e. The standard InChI is InChI=1S/C65H43NO/c1-3-20-52(21-4-1)65(53-22-5-2-6-23-53)57-26-11-9-24-55(57)63-58(65)27-14-28-59(63)66(60-29-15-31-62-64(60)56-25-10-12-30-61(56)67-62)54-40-38-46(39-41-54)45-32-34-47(35-33-45)49-18-13-19-50(42-49)51-37-36-44-16-7-8-17-48(44)43-51/h1-43H. The van der Waals surface area contributed by atoms with Crippen LogP contribution < -0.4 is 4.90 Å². The van der Waals surface area contributed by atoms with Gasteiger partial charge in [-0.15, -0.1) is 0 Å². The highest BCUT2D eigenvalue weighted by molar-refractivity contribution is 6.14. The van der Waals surface area contributed by atoms with Crippen molar-refractivity contribution < 1.29 is 4.42 Å². The summed E-state index contributed by atoms with van der Waals surface area (Å²) in [6, 6.07) is 95.0.